The van der Waals surface area contributed by atoms with E-state index in [2.05, 4.69) is 20.3 Å². The third kappa shape index (κ3) is 1.88. The van der Waals surface area contributed by atoms with Gasteiger partial charge in [-0.3, -0.25) is 9.78 Å². The topological polar surface area (TPSA) is 94.5 Å². The molecule has 0 aliphatic carbocycles. The number of carbonyl (C=O) groups excluding carboxylic acids is 1. The molecule has 78 valence electrons. The lowest BCUT2D eigenvalue weighted by Gasteiger charge is -2.01. The number of nitrogens with one attached hydrogen (secondary N) is 2. The minimum absolute atomic E-state index is 0.224. The number of amides is 1. The Morgan fingerprint density at radius 2 is 2.19 bits per heavy atom. The zero-order chi connectivity index (χ0) is 11.4. The molecule has 0 aliphatic heterocycles. The van der Waals surface area contributed by atoms with E-state index in [1.807, 2.05) is 6.07 Å². The zero-order valence-electron chi connectivity index (χ0n) is 8.14. The Labute approximate surface area is 91.0 Å². The van der Waals surface area contributed by atoms with Crippen molar-refractivity contribution in [2.75, 3.05) is 5.32 Å². The summed E-state index contributed by atoms with van der Waals surface area (Å²) in [4.78, 5) is 21.9. The first-order chi connectivity index (χ1) is 7.81. The summed E-state index contributed by atoms with van der Waals surface area (Å²) >= 11 is 0. The highest BCUT2D eigenvalue weighted by Gasteiger charge is 2.10. The molecule has 0 aromatic carbocycles. The highest BCUT2D eigenvalue weighted by atomic mass is 16.1. The Morgan fingerprint density at radius 1 is 1.44 bits per heavy atom. The predicted octanol–water partition coefficient (Wildman–Crippen LogP) is 0.929. The summed E-state index contributed by atoms with van der Waals surface area (Å²) in [5, 5.41) is 11.2. The quantitative estimate of drug-likeness (QED) is 0.775. The van der Waals surface area contributed by atoms with Crippen LogP contribution in [0.3, 0.4) is 0 Å². The van der Waals surface area contributed by atoms with Crippen LogP contribution in [0.4, 0.5) is 5.82 Å². The van der Waals surface area contributed by atoms with Gasteiger partial charge in [-0.05, 0) is 12.1 Å². The standard InChI is InChI=1S/C10H7N5O/c11-5-8-9(14-6-13-8)15-10(16)7-1-3-12-4-2-7/h1-4,6H,(H,13,14)(H,15,16). The molecule has 6 heteroatoms. The Hall–Kier alpha value is -2.68. The third-order valence-corrected chi connectivity index (χ3v) is 1.93. The fourth-order valence-electron chi connectivity index (χ4n) is 1.16. The first-order valence-electron chi connectivity index (χ1n) is 4.46. The predicted molar refractivity (Wildman–Crippen MR) is 55.5 cm³/mol. The van der Waals surface area contributed by atoms with Crippen molar-refractivity contribution in [2.45, 2.75) is 0 Å². The van der Waals surface area contributed by atoms with Gasteiger partial charge in [0.25, 0.3) is 5.91 Å². The summed E-state index contributed by atoms with van der Waals surface area (Å²) in [5.74, 6) is -0.102. The van der Waals surface area contributed by atoms with Crippen molar-refractivity contribution in [3.63, 3.8) is 0 Å². The first-order valence-corrected chi connectivity index (χ1v) is 4.46. The normalized spacial score (nSPS) is 9.44. The first kappa shape index (κ1) is 9.86. The average molecular weight is 213 g/mol. The van der Waals surface area contributed by atoms with Crippen molar-refractivity contribution in [3.8, 4) is 6.07 Å². The average Bonchev–Trinajstić information content (AvgIpc) is 2.77. The molecular weight excluding hydrogens is 206 g/mol. The number of nitriles is 1. The number of anilines is 1. The van der Waals surface area contributed by atoms with Crippen LogP contribution in [-0.2, 0) is 0 Å². The van der Waals surface area contributed by atoms with Gasteiger partial charge < -0.3 is 10.3 Å². The molecule has 0 atom stereocenters. The van der Waals surface area contributed by atoms with E-state index in [-0.39, 0.29) is 17.4 Å². The fraction of sp³-hybridized carbons (Fsp3) is 0. The van der Waals surface area contributed by atoms with Gasteiger partial charge in [-0.2, -0.15) is 5.26 Å². The van der Waals surface area contributed by atoms with Crippen molar-refractivity contribution >= 4 is 11.7 Å². The van der Waals surface area contributed by atoms with Gasteiger partial charge in [-0.25, -0.2) is 4.98 Å². The maximum absolute atomic E-state index is 11.7. The molecule has 0 aliphatic rings. The van der Waals surface area contributed by atoms with Gasteiger partial charge in [0.05, 0.1) is 6.33 Å². The SMILES string of the molecule is N#Cc1[nH]cnc1NC(=O)c1ccncc1. The molecule has 16 heavy (non-hydrogen) atoms. The maximum Gasteiger partial charge on any atom is 0.257 e. The molecule has 0 radical (unpaired) electrons. The number of rotatable bonds is 2. The largest absolute Gasteiger partial charge is 0.335 e. The lowest BCUT2D eigenvalue weighted by Crippen LogP contribution is -2.12. The molecule has 6 nitrogen and oxygen atoms in total. The summed E-state index contributed by atoms with van der Waals surface area (Å²) in [6.07, 6.45) is 4.38. The minimum Gasteiger partial charge on any atom is -0.335 e. The van der Waals surface area contributed by atoms with Gasteiger partial charge in [0, 0.05) is 18.0 Å². The van der Waals surface area contributed by atoms with Gasteiger partial charge in [-0.1, -0.05) is 0 Å². The van der Waals surface area contributed by atoms with Gasteiger partial charge in [-0.15, -0.1) is 0 Å². The number of pyridine rings is 1. The molecule has 2 N–H and O–H groups in total. The van der Waals surface area contributed by atoms with Crippen LogP contribution in [-0.4, -0.2) is 20.9 Å². The molecule has 2 rings (SSSR count). The van der Waals surface area contributed by atoms with E-state index >= 15 is 0 Å². The molecular formula is C10H7N5O. The number of hydrogen-bond acceptors (Lipinski definition) is 4. The number of H-pyrrole nitrogens is 1. The van der Waals surface area contributed by atoms with Crippen LogP contribution in [0, 0.1) is 11.3 Å². The monoisotopic (exact) mass is 213 g/mol. The van der Waals surface area contributed by atoms with Crippen molar-refractivity contribution in [1.29, 1.82) is 5.26 Å². The van der Waals surface area contributed by atoms with Crippen molar-refractivity contribution in [2.24, 2.45) is 0 Å². The zero-order valence-corrected chi connectivity index (χ0v) is 8.14. The van der Waals surface area contributed by atoms with Gasteiger partial charge in [0.15, 0.2) is 11.5 Å². The number of hydrogen-bond donors (Lipinski definition) is 2. The van der Waals surface area contributed by atoms with Crippen LogP contribution in [0.2, 0.25) is 0 Å². The van der Waals surface area contributed by atoms with Crippen molar-refractivity contribution in [3.05, 3.63) is 42.1 Å². The number of aromatic nitrogens is 3. The molecule has 0 saturated heterocycles. The van der Waals surface area contributed by atoms with E-state index in [1.165, 1.54) is 18.7 Å². The van der Waals surface area contributed by atoms with Crippen LogP contribution in [0.5, 0.6) is 0 Å². The number of imidazole rings is 1. The summed E-state index contributed by atoms with van der Waals surface area (Å²) in [6.45, 7) is 0. The smallest absolute Gasteiger partial charge is 0.257 e. The molecule has 0 fully saturated rings. The lowest BCUT2D eigenvalue weighted by atomic mass is 10.2. The Kier molecular flexibility index (Phi) is 2.61. The molecule has 1 amide bonds. The lowest BCUT2D eigenvalue weighted by molar-refractivity contribution is 0.102. The minimum atomic E-state index is -0.328. The molecule has 0 bridgehead atoms. The highest BCUT2D eigenvalue weighted by Crippen LogP contribution is 2.09. The van der Waals surface area contributed by atoms with E-state index in [9.17, 15) is 4.79 Å². The van der Waals surface area contributed by atoms with Crippen LogP contribution in [0.15, 0.2) is 30.9 Å². The third-order valence-electron chi connectivity index (χ3n) is 1.93. The number of aromatic amines is 1. The van der Waals surface area contributed by atoms with Crippen LogP contribution >= 0.6 is 0 Å². The van der Waals surface area contributed by atoms with E-state index in [0.717, 1.165) is 0 Å². The molecule has 0 unspecified atom stereocenters. The maximum atomic E-state index is 11.7. The van der Waals surface area contributed by atoms with E-state index in [0.29, 0.717) is 5.56 Å². The van der Waals surface area contributed by atoms with Crippen molar-refractivity contribution in [1.82, 2.24) is 15.0 Å². The Balaban J connectivity index is 2.18. The number of carbonyl (C=O) groups is 1. The van der Waals surface area contributed by atoms with E-state index < -0.39 is 0 Å². The van der Waals surface area contributed by atoms with E-state index in [4.69, 9.17) is 5.26 Å². The Bertz CT molecular complexity index is 540. The van der Waals surface area contributed by atoms with Crippen LogP contribution in [0.25, 0.3) is 0 Å². The van der Waals surface area contributed by atoms with Gasteiger partial charge in [0.2, 0.25) is 0 Å². The van der Waals surface area contributed by atoms with E-state index in [1.54, 1.807) is 12.1 Å². The highest BCUT2D eigenvalue weighted by molar-refractivity contribution is 6.04. The summed E-state index contributed by atoms with van der Waals surface area (Å²) in [5.41, 5.74) is 0.685. The summed E-state index contributed by atoms with van der Waals surface area (Å²) in [6, 6.07) is 5.04. The number of nitrogens with zero attached hydrogens (tertiary/aromatic N) is 3. The van der Waals surface area contributed by atoms with Gasteiger partial charge >= 0.3 is 0 Å². The molecule has 0 saturated carbocycles. The van der Waals surface area contributed by atoms with Crippen LogP contribution < -0.4 is 5.32 Å². The molecule has 0 spiro atoms. The molecule has 2 heterocycles. The van der Waals surface area contributed by atoms with Crippen molar-refractivity contribution < 1.29 is 4.79 Å². The summed E-state index contributed by atoms with van der Waals surface area (Å²) < 4.78 is 0. The molecule has 2 aromatic rings. The second-order valence-corrected chi connectivity index (χ2v) is 2.93. The fourth-order valence-corrected chi connectivity index (χ4v) is 1.16. The summed E-state index contributed by atoms with van der Waals surface area (Å²) in [7, 11) is 0. The van der Waals surface area contributed by atoms with Gasteiger partial charge in [0.1, 0.15) is 6.07 Å². The second kappa shape index (κ2) is 4.23. The molecule has 2 aromatic heterocycles. The Morgan fingerprint density at radius 3 is 2.88 bits per heavy atom. The van der Waals surface area contributed by atoms with Crippen LogP contribution in [0.1, 0.15) is 16.1 Å². The second-order valence-electron chi connectivity index (χ2n) is 2.93.